The Hall–Kier alpha value is -0.220. The van der Waals surface area contributed by atoms with Gasteiger partial charge in [-0.1, -0.05) is 13.8 Å². The smallest absolute Gasteiger partial charge is 0.219 e. The molecular weight excluding hydrogens is 244 g/mol. The number of carbonyl (C=O) groups excluding carboxylic acids is 1. The largest absolute Gasteiger partial charge is 0.343 e. The third-order valence-electron chi connectivity index (χ3n) is 4.50. The molecule has 2 heterocycles. The van der Waals surface area contributed by atoms with Crippen LogP contribution in [0.4, 0.5) is 0 Å². The Morgan fingerprint density at radius 2 is 2.00 bits per heavy atom. The molecule has 3 nitrogen and oxygen atoms in total. The number of carbonyl (C=O) groups is 1. The lowest BCUT2D eigenvalue weighted by atomic mass is 9.81. The summed E-state index contributed by atoms with van der Waals surface area (Å²) in [4.78, 5) is 13.3. The van der Waals surface area contributed by atoms with Gasteiger partial charge in [-0.3, -0.25) is 4.79 Å². The zero-order valence-electron chi connectivity index (χ0n) is 11.9. The van der Waals surface area contributed by atoms with Crippen LogP contribution in [0.2, 0.25) is 0 Å². The molecule has 0 spiro atoms. The number of rotatable bonds is 2. The number of nitrogens with one attached hydrogen (secondary N) is 1. The summed E-state index contributed by atoms with van der Waals surface area (Å²) in [7, 11) is 0. The van der Waals surface area contributed by atoms with E-state index in [2.05, 4.69) is 30.9 Å². The number of hydrogen-bond acceptors (Lipinski definition) is 3. The van der Waals surface area contributed by atoms with Gasteiger partial charge in [0.2, 0.25) is 5.91 Å². The summed E-state index contributed by atoms with van der Waals surface area (Å²) in [6, 6.07) is 1.23. The fourth-order valence-corrected chi connectivity index (χ4v) is 4.48. The second-order valence-electron chi connectivity index (χ2n) is 6.31. The predicted octanol–water partition coefficient (Wildman–Crippen LogP) is 2.12. The summed E-state index contributed by atoms with van der Waals surface area (Å²) in [6.45, 7) is 8.29. The Kier molecular flexibility index (Phi) is 4.59. The van der Waals surface area contributed by atoms with E-state index in [1.54, 1.807) is 6.92 Å². The van der Waals surface area contributed by atoms with Gasteiger partial charge >= 0.3 is 0 Å². The van der Waals surface area contributed by atoms with Gasteiger partial charge in [0, 0.05) is 37.8 Å². The molecule has 104 valence electrons. The van der Waals surface area contributed by atoms with Crippen molar-refractivity contribution >= 4 is 17.7 Å². The fourth-order valence-electron chi connectivity index (χ4n) is 2.86. The molecule has 0 saturated carbocycles. The van der Waals surface area contributed by atoms with Gasteiger partial charge in [-0.05, 0) is 30.4 Å². The van der Waals surface area contributed by atoms with Crippen LogP contribution < -0.4 is 5.32 Å². The van der Waals surface area contributed by atoms with Crippen molar-refractivity contribution in [3.8, 4) is 0 Å². The first-order chi connectivity index (χ1) is 8.49. The quantitative estimate of drug-likeness (QED) is 0.834. The minimum atomic E-state index is 0.224. The molecule has 0 radical (unpaired) electrons. The maximum atomic E-state index is 11.3. The van der Waals surface area contributed by atoms with Crippen molar-refractivity contribution in [3.63, 3.8) is 0 Å². The second-order valence-corrected chi connectivity index (χ2v) is 7.46. The molecule has 1 atom stereocenters. The normalized spacial score (nSPS) is 29.3. The third kappa shape index (κ3) is 3.41. The lowest BCUT2D eigenvalue weighted by Gasteiger charge is -2.42. The van der Waals surface area contributed by atoms with Crippen molar-refractivity contribution in [1.82, 2.24) is 10.2 Å². The number of thioether (sulfide) groups is 1. The third-order valence-corrected chi connectivity index (χ3v) is 5.56. The minimum Gasteiger partial charge on any atom is -0.343 e. The van der Waals surface area contributed by atoms with Crippen LogP contribution in [0.5, 0.6) is 0 Å². The predicted molar refractivity (Wildman–Crippen MR) is 77.9 cm³/mol. The van der Waals surface area contributed by atoms with Gasteiger partial charge in [0.15, 0.2) is 0 Å². The topological polar surface area (TPSA) is 32.3 Å². The summed E-state index contributed by atoms with van der Waals surface area (Å²) >= 11 is 2.07. The molecule has 2 rings (SSSR count). The van der Waals surface area contributed by atoms with E-state index >= 15 is 0 Å². The van der Waals surface area contributed by atoms with Crippen LogP contribution in [0.25, 0.3) is 0 Å². The average Bonchev–Trinajstić information content (AvgIpc) is 2.32. The first-order valence-corrected chi connectivity index (χ1v) is 8.24. The van der Waals surface area contributed by atoms with Gasteiger partial charge in [0.1, 0.15) is 0 Å². The molecule has 1 amide bonds. The molecule has 1 N–H and O–H groups in total. The Morgan fingerprint density at radius 3 is 2.56 bits per heavy atom. The maximum Gasteiger partial charge on any atom is 0.219 e. The monoisotopic (exact) mass is 270 g/mol. The molecule has 2 fully saturated rings. The van der Waals surface area contributed by atoms with Crippen LogP contribution >= 0.6 is 11.8 Å². The van der Waals surface area contributed by atoms with Crippen molar-refractivity contribution in [3.05, 3.63) is 0 Å². The Balaban J connectivity index is 1.82. The van der Waals surface area contributed by atoms with Crippen molar-refractivity contribution in [2.24, 2.45) is 5.41 Å². The number of nitrogens with zero attached hydrogens (tertiary/aromatic N) is 1. The average molecular weight is 270 g/mol. The molecular formula is C14H26N2OS. The van der Waals surface area contributed by atoms with Gasteiger partial charge in [0.05, 0.1) is 0 Å². The first kappa shape index (κ1) is 14.2. The van der Waals surface area contributed by atoms with Crippen LogP contribution in [0, 0.1) is 5.41 Å². The highest BCUT2D eigenvalue weighted by atomic mass is 32.2. The highest BCUT2D eigenvalue weighted by molar-refractivity contribution is 7.99. The van der Waals surface area contributed by atoms with Gasteiger partial charge < -0.3 is 10.2 Å². The molecule has 2 saturated heterocycles. The first-order valence-electron chi connectivity index (χ1n) is 7.08. The lowest BCUT2D eigenvalue weighted by molar-refractivity contribution is -0.129. The van der Waals surface area contributed by atoms with Crippen LogP contribution in [-0.4, -0.2) is 47.5 Å². The summed E-state index contributed by atoms with van der Waals surface area (Å²) in [5.74, 6) is 2.76. The van der Waals surface area contributed by atoms with Gasteiger partial charge in [-0.25, -0.2) is 0 Å². The van der Waals surface area contributed by atoms with Gasteiger partial charge in [-0.15, -0.1) is 0 Å². The highest BCUT2D eigenvalue weighted by Gasteiger charge is 2.34. The van der Waals surface area contributed by atoms with Crippen LogP contribution in [0.3, 0.4) is 0 Å². The zero-order chi connectivity index (χ0) is 13.2. The fraction of sp³-hybridized carbons (Fsp3) is 0.929. The molecule has 2 aliphatic rings. The minimum absolute atomic E-state index is 0.224. The lowest BCUT2D eigenvalue weighted by Crippen LogP contribution is -2.53. The summed E-state index contributed by atoms with van der Waals surface area (Å²) < 4.78 is 0. The van der Waals surface area contributed by atoms with Gasteiger partial charge in [-0.2, -0.15) is 11.8 Å². The van der Waals surface area contributed by atoms with Crippen molar-refractivity contribution < 1.29 is 4.79 Å². The Labute approximate surface area is 115 Å². The van der Waals surface area contributed by atoms with E-state index in [4.69, 9.17) is 0 Å². The molecule has 0 bridgehead atoms. The number of piperidine rings is 1. The number of hydrogen-bond donors (Lipinski definition) is 1. The zero-order valence-corrected chi connectivity index (χ0v) is 12.7. The molecule has 1 unspecified atom stereocenters. The number of amides is 1. The van der Waals surface area contributed by atoms with Crippen molar-refractivity contribution in [2.75, 3.05) is 24.6 Å². The molecule has 0 aromatic rings. The van der Waals surface area contributed by atoms with Crippen molar-refractivity contribution in [1.29, 1.82) is 0 Å². The standard InChI is InChI=1S/C14H26N2OS/c1-11(17)16-7-4-12(5-8-16)15-13-10-18-9-6-14(13,2)3/h12-13,15H,4-10H2,1-3H3. The van der Waals surface area contributed by atoms with E-state index in [0.717, 1.165) is 25.9 Å². The van der Waals surface area contributed by atoms with Gasteiger partial charge in [0.25, 0.3) is 0 Å². The highest BCUT2D eigenvalue weighted by Crippen LogP contribution is 2.34. The second kappa shape index (κ2) is 5.83. The van der Waals surface area contributed by atoms with E-state index in [1.807, 2.05) is 4.90 Å². The molecule has 0 aliphatic carbocycles. The Bertz CT molecular complexity index is 298. The van der Waals surface area contributed by atoms with E-state index in [9.17, 15) is 4.79 Å². The Morgan fingerprint density at radius 1 is 1.33 bits per heavy atom. The van der Waals surface area contributed by atoms with E-state index in [-0.39, 0.29) is 5.91 Å². The van der Waals surface area contributed by atoms with Crippen molar-refractivity contribution in [2.45, 2.75) is 52.1 Å². The molecule has 4 heteroatoms. The SMILES string of the molecule is CC(=O)N1CCC(NC2CSCCC2(C)C)CC1. The summed E-state index contributed by atoms with van der Waals surface area (Å²) in [6.07, 6.45) is 3.52. The summed E-state index contributed by atoms with van der Waals surface area (Å²) in [5, 5.41) is 3.85. The van der Waals surface area contributed by atoms with E-state index in [1.165, 1.54) is 17.9 Å². The van der Waals surface area contributed by atoms with Crippen LogP contribution in [0.1, 0.15) is 40.0 Å². The van der Waals surface area contributed by atoms with E-state index in [0.29, 0.717) is 17.5 Å². The molecule has 0 aromatic heterocycles. The van der Waals surface area contributed by atoms with Crippen LogP contribution in [0.15, 0.2) is 0 Å². The number of likely N-dealkylation sites (tertiary alicyclic amines) is 1. The molecule has 0 aromatic carbocycles. The summed E-state index contributed by atoms with van der Waals surface area (Å²) in [5.41, 5.74) is 0.420. The van der Waals surface area contributed by atoms with E-state index < -0.39 is 0 Å². The van der Waals surface area contributed by atoms with Crippen LogP contribution in [-0.2, 0) is 4.79 Å². The maximum absolute atomic E-state index is 11.3. The molecule has 18 heavy (non-hydrogen) atoms. The molecule has 2 aliphatic heterocycles.